The molecule has 0 aliphatic heterocycles. The van der Waals surface area contributed by atoms with Crippen LogP contribution in [0.1, 0.15) is 0 Å². The van der Waals surface area contributed by atoms with Gasteiger partial charge in [-0.15, -0.1) is 11.3 Å². The molecular weight excluding hydrogens is 258 g/mol. The van der Waals surface area contributed by atoms with E-state index in [1.165, 1.54) is 5.69 Å². The molecule has 0 spiro atoms. The molecule has 0 saturated heterocycles. The Hall–Kier alpha value is -1.59. The van der Waals surface area contributed by atoms with Gasteiger partial charge < -0.3 is 15.0 Å². The fourth-order valence-corrected chi connectivity index (χ4v) is 2.43. The monoisotopic (exact) mass is 277 g/mol. The molecule has 1 heterocycles. The minimum Gasteiger partial charge on any atom is -0.383 e. The molecule has 0 aliphatic carbocycles. The lowest BCUT2D eigenvalue weighted by molar-refractivity contribution is 0.211. The van der Waals surface area contributed by atoms with Crippen molar-refractivity contribution in [1.29, 1.82) is 0 Å². The fourth-order valence-electron chi connectivity index (χ4n) is 1.68. The Bertz CT molecular complexity index is 508. The molecule has 0 bridgehead atoms. The first-order valence-electron chi connectivity index (χ1n) is 6.17. The predicted octanol–water partition coefficient (Wildman–Crippen LogP) is 2.93. The van der Waals surface area contributed by atoms with E-state index in [4.69, 9.17) is 4.74 Å². The number of ether oxygens (including phenoxy) is 1. The van der Waals surface area contributed by atoms with Crippen LogP contribution in [0.5, 0.6) is 0 Å². The summed E-state index contributed by atoms with van der Waals surface area (Å²) in [7, 11) is 5.77. The third-order valence-electron chi connectivity index (χ3n) is 2.77. The molecule has 0 saturated carbocycles. The molecule has 1 aromatic heterocycles. The molecule has 5 heteroatoms. The molecular formula is C14H19N3OS. The van der Waals surface area contributed by atoms with Crippen molar-refractivity contribution in [1.82, 2.24) is 4.98 Å². The van der Waals surface area contributed by atoms with E-state index in [1.54, 1.807) is 18.4 Å². The van der Waals surface area contributed by atoms with Gasteiger partial charge in [-0.3, -0.25) is 0 Å². The minimum absolute atomic E-state index is 0.687. The first-order chi connectivity index (χ1) is 9.20. The van der Waals surface area contributed by atoms with Crippen molar-refractivity contribution < 1.29 is 4.74 Å². The molecule has 2 aromatic rings. The van der Waals surface area contributed by atoms with Crippen LogP contribution in [0.4, 0.5) is 10.8 Å². The zero-order valence-electron chi connectivity index (χ0n) is 11.5. The van der Waals surface area contributed by atoms with E-state index in [1.807, 2.05) is 14.1 Å². The van der Waals surface area contributed by atoms with E-state index in [2.05, 4.69) is 44.8 Å². The van der Waals surface area contributed by atoms with E-state index in [-0.39, 0.29) is 0 Å². The molecule has 0 amide bonds. The van der Waals surface area contributed by atoms with Gasteiger partial charge in [0.2, 0.25) is 0 Å². The number of hydrogen-bond donors (Lipinski definition) is 1. The van der Waals surface area contributed by atoms with Gasteiger partial charge in [0, 0.05) is 44.4 Å². The maximum Gasteiger partial charge on any atom is 0.183 e. The van der Waals surface area contributed by atoms with Crippen molar-refractivity contribution in [2.24, 2.45) is 0 Å². The molecule has 1 aromatic carbocycles. The summed E-state index contributed by atoms with van der Waals surface area (Å²) in [6, 6.07) is 8.41. The largest absolute Gasteiger partial charge is 0.383 e. The lowest BCUT2D eigenvalue weighted by atomic mass is 10.1. The maximum atomic E-state index is 5.00. The van der Waals surface area contributed by atoms with Gasteiger partial charge in [-0.1, -0.05) is 12.1 Å². The van der Waals surface area contributed by atoms with Crippen LogP contribution in [-0.2, 0) is 4.74 Å². The molecule has 19 heavy (non-hydrogen) atoms. The second-order valence-electron chi connectivity index (χ2n) is 4.40. The van der Waals surface area contributed by atoms with Gasteiger partial charge in [0.15, 0.2) is 5.13 Å². The summed E-state index contributed by atoms with van der Waals surface area (Å²) in [5.41, 5.74) is 3.34. The lowest BCUT2D eigenvalue weighted by Gasteiger charge is -2.12. The number of benzene rings is 1. The first kappa shape index (κ1) is 13.8. The lowest BCUT2D eigenvalue weighted by Crippen LogP contribution is -2.08. The number of aromatic nitrogens is 1. The van der Waals surface area contributed by atoms with Gasteiger partial charge in [-0.2, -0.15) is 0 Å². The Morgan fingerprint density at radius 3 is 2.63 bits per heavy atom. The number of hydrogen-bond acceptors (Lipinski definition) is 5. The van der Waals surface area contributed by atoms with Crippen molar-refractivity contribution in [2.45, 2.75) is 0 Å². The van der Waals surface area contributed by atoms with Gasteiger partial charge >= 0.3 is 0 Å². The zero-order valence-corrected chi connectivity index (χ0v) is 12.3. The minimum atomic E-state index is 0.687. The van der Waals surface area contributed by atoms with Crippen LogP contribution < -0.4 is 10.2 Å². The summed E-state index contributed by atoms with van der Waals surface area (Å²) in [5, 5.41) is 6.24. The SMILES string of the molecule is COCCNc1nc(-c2ccc(N(C)C)cc2)cs1. The molecule has 4 nitrogen and oxygen atoms in total. The van der Waals surface area contributed by atoms with Gasteiger partial charge in [0.1, 0.15) is 0 Å². The van der Waals surface area contributed by atoms with Gasteiger partial charge in [-0.25, -0.2) is 4.98 Å². The second-order valence-corrected chi connectivity index (χ2v) is 5.26. The van der Waals surface area contributed by atoms with Crippen LogP contribution in [0.15, 0.2) is 29.6 Å². The van der Waals surface area contributed by atoms with Crippen molar-refractivity contribution >= 4 is 22.2 Å². The van der Waals surface area contributed by atoms with Crippen molar-refractivity contribution in [2.75, 3.05) is 44.6 Å². The van der Waals surface area contributed by atoms with Crippen LogP contribution in [0.25, 0.3) is 11.3 Å². The zero-order chi connectivity index (χ0) is 13.7. The van der Waals surface area contributed by atoms with Crippen LogP contribution in [0.2, 0.25) is 0 Å². The fraction of sp³-hybridized carbons (Fsp3) is 0.357. The number of methoxy groups -OCH3 is 1. The highest BCUT2D eigenvalue weighted by atomic mass is 32.1. The highest BCUT2D eigenvalue weighted by molar-refractivity contribution is 7.14. The smallest absolute Gasteiger partial charge is 0.183 e. The molecule has 2 rings (SSSR count). The third-order valence-corrected chi connectivity index (χ3v) is 3.57. The summed E-state index contributed by atoms with van der Waals surface area (Å²) in [5.74, 6) is 0. The van der Waals surface area contributed by atoms with Crippen LogP contribution >= 0.6 is 11.3 Å². The Labute approximate surface area is 118 Å². The van der Waals surface area contributed by atoms with E-state index in [0.29, 0.717) is 6.61 Å². The van der Waals surface area contributed by atoms with Crippen molar-refractivity contribution in [3.8, 4) is 11.3 Å². The summed E-state index contributed by atoms with van der Waals surface area (Å²) in [4.78, 5) is 6.65. The normalized spacial score (nSPS) is 10.5. The first-order valence-corrected chi connectivity index (χ1v) is 7.05. The summed E-state index contributed by atoms with van der Waals surface area (Å²) in [6.45, 7) is 1.47. The second kappa shape index (κ2) is 6.54. The van der Waals surface area contributed by atoms with Crippen LogP contribution in [0, 0.1) is 0 Å². The Balaban J connectivity index is 2.05. The maximum absolute atomic E-state index is 5.00. The average Bonchev–Trinajstić information content (AvgIpc) is 2.88. The van der Waals surface area contributed by atoms with E-state index >= 15 is 0 Å². The quantitative estimate of drug-likeness (QED) is 0.824. The van der Waals surface area contributed by atoms with Crippen molar-refractivity contribution in [3.05, 3.63) is 29.6 Å². The Morgan fingerprint density at radius 1 is 1.26 bits per heavy atom. The van der Waals surface area contributed by atoms with E-state index < -0.39 is 0 Å². The van der Waals surface area contributed by atoms with Crippen molar-refractivity contribution in [3.63, 3.8) is 0 Å². The molecule has 1 N–H and O–H groups in total. The molecule has 0 atom stereocenters. The summed E-state index contributed by atoms with van der Waals surface area (Å²) in [6.07, 6.45) is 0. The number of nitrogens with one attached hydrogen (secondary N) is 1. The average molecular weight is 277 g/mol. The highest BCUT2D eigenvalue weighted by Gasteiger charge is 2.04. The summed E-state index contributed by atoms with van der Waals surface area (Å²) < 4.78 is 5.00. The van der Waals surface area contributed by atoms with E-state index in [9.17, 15) is 0 Å². The Morgan fingerprint density at radius 2 is 2.00 bits per heavy atom. The molecule has 0 fully saturated rings. The molecule has 0 aliphatic rings. The van der Waals surface area contributed by atoms with E-state index in [0.717, 1.165) is 22.9 Å². The standard InChI is InChI=1S/C14H19N3OS/c1-17(2)12-6-4-11(5-7-12)13-10-19-14(16-13)15-8-9-18-3/h4-7,10H,8-9H2,1-3H3,(H,15,16). The number of thiazole rings is 1. The van der Waals surface area contributed by atoms with Gasteiger partial charge in [0.05, 0.1) is 12.3 Å². The molecule has 102 valence electrons. The number of anilines is 2. The topological polar surface area (TPSA) is 37.4 Å². The molecule has 0 radical (unpaired) electrons. The third kappa shape index (κ3) is 3.68. The van der Waals surface area contributed by atoms with Crippen LogP contribution in [-0.4, -0.2) is 39.3 Å². The summed E-state index contributed by atoms with van der Waals surface area (Å²) >= 11 is 1.62. The Kier molecular flexibility index (Phi) is 4.76. The molecule has 0 unspecified atom stereocenters. The number of nitrogens with zero attached hydrogens (tertiary/aromatic N) is 2. The number of rotatable bonds is 6. The highest BCUT2D eigenvalue weighted by Crippen LogP contribution is 2.26. The predicted molar refractivity (Wildman–Crippen MR) is 82.2 cm³/mol. The van der Waals surface area contributed by atoms with Gasteiger partial charge in [-0.05, 0) is 12.1 Å². The van der Waals surface area contributed by atoms with Crippen LogP contribution in [0.3, 0.4) is 0 Å². The van der Waals surface area contributed by atoms with Gasteiger partial charge in [0.25, 0.3) is 0 Å².